The van der Waals surface area contributed by atoms with Gasteiger partial charge in [0.1, 0.15) is 0 Å². The minimum absolute atomic E-state index is 0.0420. The molecule has 8 aliphatic carbocycles. The highest BCUT2D eigenvalue weighted by Gasteiger charge is 2.68. The largest absolute Gasteiger partial charge is 0.393 e. The second kappa shape index (κ2) is 5.21. The van der Waals surface area contributed by atoms with Crippen molar-refractivity contribution >= 4 is 0 Å². The normalized spacial score (nSPS) is 70.8. The molecule has 0 saturated heterocycles. The van der Waals surface area contributed by atoms with Crippen molar-refractivity contribution in [3.05, 3.63) is 0 Å². The first-order chi connectivity index (χ1) is 13.6. The quantitative estimate of drug-likeness (QED) is 0.703. The number of aliphatic hydroxyl groups excluding tert-OH is 2. The van der Waals surface area contributed by atoms with E-state index in [1.807, 2.05) is 0 Å². The van der Waals surface area contributed by atoms with Crippen molar-refractivity contribution in [1.82, 2.24) is 0 Å². The Balaban J connectivity index is 1.05. The highest BCUT2D eigenvalue weighted by molar-refractivity contribution is 5.16. The predicted molar refractivity (Wildman–Crippen MR) is 107 cm³/mol. The van der Waals surface area contributed by atoms with Crippen LogP contribution in [0.1, 0.15) is 58.3 Å². The van der Waals surface area contributed by atoms with Gasteiger partial charge >= 0.3 is 0 Å². The Hall–Kier alpha value is -0.0800. The maximum atomic E-state index is 10.6. The molecule has 2 nitrogen and oxygen atoms in total. The fourth-order valence-electron chi connectivity index (χ4n) is 12.8. The van der Waals surface area contributed by atoms with Crippen LogP contribution in [0.15, 0.2) is 0 Å². The maximum Gasteiger partial charge on any atom is 0.0574 e. The lowest BCUT2D eigenvalue weighted by Crippen LogP contribution is -2.43. The summed E-state index contributed by atoms with van der Waals surface area (Å²) in [5.74, 6) is 13.7. The van der Waals surface area contributed by atoms with Crippen molar-refractivity contribution in [3.63, 3.8) is 0 Å². The van der Waals surface area contributed by atoms with Crippen LogP contribution in [0.2, 0.25) is 0 Å². The molecule has 0 aromatic carbocycles. The Morgan fingerprint density at radius 2 is 0.893 bits per heavy atom. The summed E-state index contributed by atoms with van der Waals surface area (Å²) in [5, 5.41) is 21.2. The van der Waals surface area contributed by atoms with Gasteiger partial charge in [0.05, 0.1) is 12.2 Å². The average molecular weight is 383 g/mol. The monoisotopic (exact) mass is 382 g/mol. The SMILES string of the molecule is CC(C1CC2CC1C1C3CC(CC3O)C21)C1CC2CC1C1C3CC(CC3O)C21. The fourth-order valence-corrected chi connectivity index (χ4v) is 12.8. The Bertz CT molecular complexity index is 647. The summed E-state index contributed by atoms with van der Waals surface area (Å²) in [6.45, 7) is 2.65. The first-order valence-electron chi connectivity index (χ1n) is 13.0. The van der Waals surface area contributed by atoms with Gasteiger partial charge in [-0.1, -0.05) is 6.92 Å². The molecule has 0 aromatic rings. The second-order valence-corrected chi connectivity index (χ2v) is 13.2. The lowest BCUT2D eigenvalue weighted by Gasteiger charge is -2.47. The molecule has 154 valence electrons. The van der Waals surface area contributed by atoms with E-state index in [1.165, 1.54) is 38.5 Å². The van der Waals surface area contributed by atoms with Crippen LogP contribution < -0.4 is 0 Å². The first-order valence-corrected chi connectivity index (χ1v) is 13.0. The van der Waals surface area contributed by atoms with Crippen molar-refractivity contribution in [2.24, 2.45) is 88.8 Å². The van der Waals surface area contributed by atoms with Crippen LogP contribution in [-0.2, 0) is 0 Å². The summed E-state index contributed by atoms with van der Waals surface area (Å²) in [5.41, 5.74) is 0. The molecule has 0 amide bonds. The van der Waals surface area contributed by atoms with Crippen LogP contribution in [0, 0.1) is 88.8 Å². The summed E-state index contributed by atoms with van der Waals surface area (Å²) in [7, 11) is 0. The van der Waals surface area contributed by atoms with E-state index in [9.17, 15) is 10.2 Å². The van der Waals surface area contributed by atoms with Crippen molar-refractivity contribution in [2.75, 3.05) is 0 Å². The van der Waals surface area contributed by atoms with Crippen molar-refractivity contribution in [2.45, 2.75) is 70.5 Å². The van der Waals surface area contributed by atoms with Crippen molar-refractivity contribution in [1.29, 1.82) is 0 Å². The number of hydrogen-bond donors (Lipinski definition) is 2. The lowest BCUT2D eigenvalue weighted by atomic mass is 9.58. The van der Waals surface area contributed by atoms with Crippen LogP contribution in [0.5, 0.6) is 0 Å². The molecule has 0 aliphatic heterocycles. The van der Waals surface area contributed by atoms with E-state index < -0.39 is 0 Å². The molecule has 8 aliphatic rings. The second-order valence-electron chi connectivity index (χ2n) is 13.2. The maximum absolute atomic E-state index is 10.6. The molecule has 28 heavy (non-hydrogen) atoms. The van der Waals surface area contributed by atoms with Crippen molar-refractivity contribution in [3.8, 4) is 0 Å². The molecule has 8 bridgehead atoms. The van der Waals surface area contributed by atoms with E-state index in [1.54, 1.807) is 0 Å². The number of aliphatic hydroxyl groups is 2. The van der Waals surface area contributed by atoms with E-state index >= 15 is 0 Å². The molecule has 0 aromatic heterocycles. The van der Waals surface area contributed by atoms with E-state index in [0.717, 1.165) is 89.8 Å². The zero-order valence-corrected chi connectivity index (χ0v) is 17.4. The van der Waals surface area contributed by atoms with Gasteiger partial charge in [0.25, 0.3) is 0 Å². The van der Waals surface area contributed by atoms with Gasteiger partial charge in [0.2, 0.25) is 0 Å². The Morgan fingerprint density at radius 1 is 0.500 bits per heavy atom. The molecule has 8 rings (SSSR count). The van der Waals surface area contributed by atoms with E-state index in [4.69, 9.17) is 0 Å². The van der Waals surface area contributed by atoms with Crippen LogP contribution in [0.4, 0.5) is 0 Å². The lowest BCUT2D eigenvalue weighted by molar-refractivity contribution is -0.0264. The topological polar surface area (TPSA) is 40.5 Å². The molecule has 2 heteroatoms. The molecular formula is C26H38O2. The van der Waals surface area contributed by atoms with Gasteiger partial charge in [0, 0.05) is 0 Å². The van der Waals surface area contributed by atoms with Crippen LogP contribution in [-0.4, -0.2) is 22.4 Å². The first kappa shape index (κ1) is 16.6. The summed E-state index contributed by atoms with van der Waals surface area (Å²) in [4.78, 5) is 0. The number of rotatable bonds is 2. The molecule has 8 saturated carbocycles. The Kier molecular flexibility index (Phi) is 3.09. The minimum Gasteiger partial charge on any atom is -0.393 e. The van der Waals surface area contributed by atoms with Crippen LogP contribution in [0.3, 0.4) is 0 Å². The molecule has 16 atom stereocenters. The van der Waals surface area contributed by atoms with Gasteiger partial charge < -0.3 is 10.2 Å². The van der Waals surface area contributed by atoms with Crippen LogP contribution >= 0.6 is 0 Å². The van der Waals surface area contributed by atoms with Gasteiger partial charge in [-0.2, -0.15) is 0 Å². The van der Waals surface area contributed by atoms with Gasteiger partial charge in [-0.3, -0.25) is 0 Å². The Labute approximate surface area is 169 Å². The van der Waals surface area contributed by atoms with Gasteiger partial charge in [-0.25, -0.2) is 0 Å². The van der Waals surface area contributed by atoms with E-state index in [2.05, 4.69) is 6.92 Å². The summed E-state index contributed by atoms with van der Waals surface area (Å²) in [6.07, 6.45) is 11.2. The molecule has 0 heterocycles. The summed E-state index contributed by atoms with van der Waals surface area (Å²) in [6, 6.07) is 0. The Morgan fingerprint density at radius 3 is 1.36 bits per heavy atom. The predicted octanol–water partition coefficient (Wildman–Crippen LogP) is 4.20. The smallest absolute Gasteiger partial charge is 0.0574 e. The molecule has 2 N–H and O–H groups in total. The third-order valence-electron chi connectivity index (χ3n) is 13.0. The molecule has 0 spiro atoms. The fraction of sp³-hybridized carbons (Fsp3) is 1.00. The number of hydrogen-bond acceptors (Lipinski definition) is 2. The molecule has 0 radical (unpaired) electrons. The zero-order valence-electron chi connectivity index (χ0n) is 17.4. The summed E-state index contributed by atoms with van der Waals surface area (Å²) < 4.78 is 0. The van der Waals surface area contributed by atoms with Crippen molar-refractivity contribution < 1.29 is 10.2 Å². The van der Waals surface area contributed by atoms with E-state index in [-0.39, 0.29) is 12.2 Å². The molecule has 16 unspecified atom stereocenters. The highest BCUT2D eigenvalue weighted by atomic mass is 16.3. The zero-order chi connectivity index (χ0) is 18.5. The minimum atomic E-state index is 0.0420. The number of fused-ring (bicyclic) bond motifs is 18. The van der Waals surface area contributed by atoms with Crippen LogP contribution in [0.25, 0.3) is 0 Å². The van der Waals surface area contributed by atoms with Gasteiger partial charge in [-0.05, 0) is 140 Å². The summed E-state index contributed by atoms with van der Waals surface area (Å²) >= 11 is 0. The molecular weight excluding hydrogens is 344 g/mol. The third-order valence-corrected chi connectivity index (χ3v) is 13.0. The third kappa shape index (κ3) is 1.75. The average Bonchev–Trinajstić information content (AvgIpc) is 3.50. The molecule has 8 fully saturated rings. The highest BCUT2D eigenvalue weighted by Crippen LogP contribution is 2.73. The van der Waals surface area contributed by atoms with E-state index in [0.29, 0.717) is 11.8 Å². The van der Waals surface area contributed by atoms with Gasteiger partial charge in [-0.15, -0.1) is 0 Å². The standard InChI is InChI=1S/C26H38O2/c1-10(15-2-11-4-17(15)25-19-6-13(23(11)25)8-21(19)27)16-3-12-5-18(16)26-20-7-14(24(12)26)9-22(20)28/h10-28H,2-9H2,1H3. The van der Waals surface area contributed by atoms with Gasteiger partial charge in [0.15, 0.2) is 0 Å².